The summed E-state index contributed by atoms with van der Waals surface area (Å²) in [6, 6.07) is 1.58. The van der Waals surface area contributed by atoms with E-state index in [0.29, 0.717) is 18.8 Å². The zero-order chi connectivity index (χ0) is 15.9. The topological polar surface area (TPSA) is 79.6 Å². The molecule has 0 atom stereocenters. The van der Waals surface area contributed by atoms with Crippen LogP contribution in [0.5, 0.6) is 0 Å². The van der Waals surface area contributed by atoms with Crippen molar-refractivity contribution in [1.82, 2.24) is 9.78 Å². The molecule has 0 bridgehead atoms. The van der Waals surface area contributed by atoms with Crippen molar-refractivity contribution in [1.29, 1.82) is 0 Å². The molecule has 0 aliphatic rings. The predicted molar refractivity (Wildman–Crippen MR) is 74.8 cm³/mol. The van der Waals surface area contributed by atoms with E-state index in [0.717, 1.165) is 0 Å². The summed E-state index contributed by atoms with van der Waals surface area (Å²) in [4.78, 5) is 22.9. The third kappa shape index (κ3) is 6.40. The van der Waals surface area contributed by atoms with Crippen molar-refractivity contribution in [2.24, 2.45) is 0 Å². The number of hydrogen-bond acceptors (Lipinski definition) is 6. The minimum atomic E-state index is -0.485. The van der Waals surface area contributed by atoms with Gasteiger partial charge in [0.05, 0.1) is 33.3 Å². The van der Waals surface area contributed by atoms with E-state index in [1.54, 1.807) is 6.07 Å². The second-order valence-corrected chi connectivity index (χ2v) is 5.38. The van der Waals surface area contributed by atoms with Gasteiger partial charge in [0.15, 0.2) is 0 Å². The first-order chi connectivity index (χ1) is 9.83. The summed E-state index contributed by atoms with van der Waals surface area (Å²) in [6.07, 6.45) is 1.72. The molecule has 0 fully saturated rings. The lowest BCUT2D eigenvalue weighted by Gasteiger charge is -2.19. The number of esters is 2. The fourth-order valence-electron chi connectivity index (χ4n) is 1.59. The van der Waals surface area contributed by atoms with E-state index in [4.69, 9.17) is 9.47 Å². The Kier molecular flexibility index (Phi) is 6.36. The van der Waals surface area contributed by atoms with E-state index in [-0.39, 0.29) is 19.0 Å². The van der Waals surface area contributed by atoms with E-state index in [2.05, 4.69) is 9.84 Å². The van der Waals surface area contributed by atoms with Gasteiger partial charge in [-0.1, -0.05) is 0 Å². The van der Waals surface area contributed by atoms with Crippen LogP contribution >= 0.6 is 0 Å². The van der Waals surface area contributed by atoms with E-state index >= 15 is 0 Å². The summed E-state index contributed by atoms with van der Waals surface area (Å²) in [7, 11) is 1.32. The lowest BCUT2D eigenvalue weighted by Crippen LogP contribution is -2.24. The number of rotatable bonds is 7. The zero-order valence-corrected chi connectivity index (χ0v) is 12.9. The Morgan fingerprint density at radius 1 is 1.29 bits per heavy atom. The summed E-state index contributed by atoms with van der Waals surface area (Å²) in [5.41, 5.74) is -0.116. The first-order valence-electron chi connectivity index (χ1n) is 6.73. The Morgan fingerprint density at radius 3 is 2.62 bits per heavy atom. The largest absolute Gasteiger partial charge is 0.464 e. The van der Waals surface area contributed by atoms with Gasteiger partial charge in [-0.3, -0.25) is 9.48 Å². The zero-order valence-electron chi connectivity index (χ0n) is 12.9. The monoisotopic (exact) mass is 298 g/mol. The van der Waals surface area contributed by atoms with Crippen LogP contribution in [0.25, 0.3) is 0 Å². The van der Waals surface area contributed by atoms with E-state index in [1.807, 2.05) is 20.8 Å². The van der Waals surface area contributed by atoms with Crippen molar-refractivity contribution in [2.75, 3.05) is 20.3 Å². The molecule has 0 radical (unpaired) electrons. The highest BCUT2D eigenvalue weighted by Gasteiger charge is 2.16. The molecule has 1 heterocycles. The standard InChI is InChI=1S/C14H22N2O5/c1-14(2,3)21-12(17)6-9-20-10-8-16-11(5-7-15-16)13(18)19-4/h5,7H,6,8-10H2,1-4H3. The number of hydrogen-bond donors (Lipinski definition) is 0. The van der Waals surface area contributed by atoms with Gasteiger partial charge in [0.2, 0.25) is 0 Å². The molecule has 0 aliphatic carbocycles. The van der Waals surface area contributed by atoms with Gasteiger partial charge in [-0.05, 0) is 26.8 Å². The smallest absolute Gasteiger partial charge is 0.356 e. The van der Waals surface area contributed by atoms with Gasteiger partial charge in [-0.15, -0.1) is 0 Å². The van der Waals surface area contributed by atoms with Crippen molar-refractivity contribution in [3.05, 3.63) is 18.0 Å². The average molecular weight is 298 g/mol. The van der Waals surface area contributed by atoms with Crippen LogP contribution < -0.4 is 0 Å². The molecular formula is C14H22N2O5. The summed E-state index contributed by atoms with van der Waals surface area (Å²) in [5.74, 6) is -0.738. The third-order valence-corrected chi connectivity index (χ3v) is 2.43. The molecule has 0 N–H and O–H groups in total. The van der Waals surface area contributed by atoms with E-state index in [1.165, 1.54) is 18.0 Å². The maximum Gasteiger partial charge on any atom is 0.356 e. The van der Waals surface area contributed by atoms with Crippen molar-refractivity contribution < 1.29 is 23.8 Å². The summed E-state index contributed by atoms with van der Waals surface area (Å²) < 4.78 is 16.6. The highest BCUT2D eigenvalue weighted by atomic mass is 16.6. The summed E-state index contributed by atoms with van der Waals surface area (Å²) >= 11 is 0. The Bertz CT molecular complexity index is 476. The Hall–Kier alpha value is -1.89. The maximum absolute atomic E-state index is 11.5. The number of aromatic nitrogens is 2. The molecule has 0 aromatic carbocycles. The van der Waals surface area contributed by atoms with Crippen molar-refractivity contribution in [2.45, 2.75) is 39.3 Å². The van der Waals surface area contributed by atoms with Gasteiger partial charge in [-0.2, -0.15) is 5.10 Å². The molecule has 0 saturated heterocycles. The summed E-state index contributed by atoms with van der Waals surface area (Å²) in [5, 5.41) is 4.01. The number of methoxy groups -OCH3 is 1. The fraction of sp³-hybridized carbons (Fsp3) is 0.643. The lowest BCUT2D eigenvalue weighted by molar-refractivity contribution is -0.156. The van der Waals surface area contributed by atoms with Crippen LogP contribution in [0.4, 0.5) is 0 Å². The van der Waals surface area contributed by atoms with Gasteiger partial charge in [-0.25, -0.2) is 4.79 Å². The predicted octanol–water partition coefficient (Wildman–Crippen LogP) is 1.42. The van der Waals surface area contributed by atoms with Gasteiger partial charge >= 0.3 is 11.9 Å². The molecule has 1 aromatic rings. The third-order valence-electron chi connectivity index (χ3n) is 2.43. The number of carbonyl (C=O) groups excluding carboxylic acids is 2. The summed E-state index contributed by atoms with van der Waals surface area (Å²) in [6.45, 7) is 6.47. The van der Waals surface area contributed by atoms with Gasteiger partial charge in [0.25, 0.3) is 0 Å². The highest BCUT2D eigenvalue weighted by molar-refractivity contribution is 5.87. The van der Waals surface area contributed by atoms with Crippen molar-refractivity contribution in [3.8, 4) is 0 Å². The Balaban J connectivity index is 2.25. The molecule has 0 unspecified atom stereocenters. The van der Waals surface area contributed by atoms with Crippen LogP contribution in [0.3, 0.4) is 0 Å². The first kappa shape index (κ1) is 17.2. The van der Waals surface area contributed by atoms with Crippen LogP contribution in [0.15, 0.2) is 12.3 Å². The molecule has 21 heavy (non-hydrogen) atoms. The second-order valence-electron chi connectivity index (χ2n) is 5.38. The second kappa shape index (κ2) is 7.78. The number of ether oxygens (including phenoxy) is 3. The highest BCUT2D eigenvalue weighted by Crippen LogP contribution is 2.08. The SMILES string of the molecule is COC(=O)c1ccnn1CCOCCC(=O)OC(C)(C)C. The van der Waals surface area contributed by atoms with Crippen molar-refractivity contribution >= 4 is 11.9 Å². The van der Waals surface area contributed by atoms with Crippen molar-refractivity contribution in [3.63, 3.8) is 0 Å². The molecule has 7 heteroatoms. The van der Waals surface area contributed by atoms with E-state index in [9.17, 15) is 9.59 Å². The molecule has 1 aromatic heterocycles. The lowest BCUT2D eigenvalue weighted by atomic mass is 10.2. The molecule has 0 amide bonds. The molecule has 7 nitrogen and oxygen atoms in total. The van der Waals surface area contributed by atoms with E-state index < -0.39 is 11.6 Å². The minimum absolute atomic E-state index is 0.195. The molecule has 0 saturated carbocycles. The maximum atomic E-state index is 11.5. The van der Waals surface area contributed by atoms with Crippen LogP contribution in [-0.2, 0) is 25.5 Å². The quantitative estimate of drug-likeness (QED) is 0.559. The minimum Gasteiger partial charge on any atom is -0.464 e. The number of nitrogens with zero attached hydrogens (tertiary/aromatic N) is 2. The Morgan fingerprint density at radius 2 is 2.00 bits per heavy atom. The van der Waals surface area contributed by atoms with Gasteiger partial charge in [0, 0.05) is 6.20 Å². The normalized spacial score (nSPS) is 11.2. The fourth-order valence-corrected chi connectivity index (χ4v) is 1.59. The molecule has 1 rings (SSSR count). The molecular weight excluding hydrogens is 276 g/mol. The van der Waals surface area contributed by atoms with Gasteiger partial charge < -0.3 is 14.2 Å². The first-order valence-corrected chi connectivity index (χ1v) is 6.73. The molecule has 0 aliphatic heterocycles. The number of carbonyl (C=O) groups is 2. The average Bonchev–Trinajstić information content (AvgIpc) is 2.83. The van der Waals surface area contributed by atoms with Gasteiger partial charge in [0.1, 0.15) is 11.3 Å². The van der Waals surface area contributed by atoms with Crippen LogP contribution in [0.2, 0.25) is 0 Å². The van der Waals surface area contributed by atoms with Crippen LogP contribution in [-0.4, -0.2) is 47.6 Å². The molecule has 118 valence electrons. The Labute approximate surface area is 124 Å². The van der Waals surface area contributed by atoms with Crippen LogP contribution in [0, 0.1) is 0 Å². The molecule has 0 spiro atoms. The van der Waals surface area contributed by atoms with Crippen LogP contribution in [0.1, 0.15) is 37.7 Å².